The molecule has 0 radical (unpaired) electrons. The van der Waals surface area contributed by atoms with Crippen molar-refractivity contribution in [3.8, 4) is 0 Å². The van der Waals surface area contributed by atoms with Crippen LogP contribution in [-0.4, -0.2) is 38.1 Å². The summed E-state index contributed by atoms with van der Waals surface area (Å²) < 4.78 is 0. The van der Waals surface area contributed by atoms with Crippen LogP contribution in [0.25, 0.3) is 0 Å². The zero-order valence-electron chi connectivity index (χ0n) is 13.7. The van der Waals surface area contributed by atoms with Crippen molar-refractivity contribution < 1.29 is 0 Å². The predicted octanol–water partition coefficient (Wildman–Crippen LogP) is 3.73. The van der Waals surface area contributed by atoms with Crippen LogP contribution in [-0.2, 0) is 12.8 Å². The predicted molar refractivity (Wildman–Crippen MR) is 88.7 cm³/mol. The fourth-order valence-electron chi connectivity index (χ4n) is 3.37. The summed E-state index contributed by atoms with van der Waals surface area (Å²) in [7, 11) is 4.25. The molecule has 2 rings (SSSR count). The average Bonchev–Trinajstić information content (AvgIpc) is 2.45. The van der Waals surface area contributed by atoms with E-state index in [1.807, 2.05) is 0 Å². The summed E-state index contributed by atoms with van der Waals surface area (Å²) in [5.74, 6) is 0. The second kappa shape index (κ2) is 7.12. The highest BCUT2D eigenvalue weighted by molar-refractivity contribution is 5.50. The van der Waals surface area contributed by atoms with Gasteiger partial charge >= 0.3 is 0 Å². The van der Waals surface area contributed by atoms with Gasteiger partial charge in [0.15, 0.2) is 0 Å². The van der Waals surface area contributed by atoms with E-state index in [4.69, 9.17) is 0 Å². The number of aryl methyl sites for hydroxylation is 1. The van der Waals surface area contributed by atoms with Crippen LogP contribution in [0, 0.1) is 0 Å². The Morgan fingerprint density at radius 2 is 1.75 bits per heavy atom. The molecule has 1 aromatic rings. The molecule has 0 N–H and O–H groups in total. The summed E-state index contributed by atoms with van der Waals surface area (Å²) >= 11 is 0. The van der Waals surface area contributed by atoms with Gasteiger partial charge in [0.05, 0.1) is 0 Å². The van der Waals surface area contributed by atoms with E-state index in [-0.39, 0.29) is 0 Å². The molecule has 0 bridgehead atoms. The molecule has 2 heteroatoms. The van der Waals surface area contributed by atoms with Gasteiger partial charge in [0.25, 0.3) is 0 Å². The molecule has 2 nitrogen and oxygen atoms in total. The van der Waals surface area contributed by atoms with Gasteiger partial charge in [0.2, 0.25) is 0 Å². The first-order chi connectivity index (χ1) is 9.65. The van der Waals surface area contributed by atoms with E-state index in [0.29, 0.717) is 0 Å². The molecular formula is C18H30N2. The normalized spacial score (nSPS) is 18.1. The van der Waals surface area contributed by atoms with Crippen molar-refractivity contribution in [3.63, 3.8) is 0 Å². The van der Waals surface area contributed by atoms with Gasteiger partial charge in [-0.3, -0.25) is 0 Å². The Kier molecular flexibility index (Phi) is 5.47. The molecule has 0 spiro atoms. The first-order valence-corrected chi connectivity index (χ1v) is 8.18. The van der Waals surface area contributed by atoms with Crippen LogP contribution in [0.15, 0.2) is 18.2 Å². The van der Waals surface area contributed by atoms with Gasteiger partial charge in [-0.05, 0) is 68.5 Å². The van der Waals surface area contributed by atoms with E-state index in [9.17, 15) is 0 Å². The van der Waals surface area contributed by atoms with Crippen LogP contribution in [0.1, 0.15) is 44.2 Å². The fourth-order valence-corrected chi connectivity index (χ4v) is 3.37. The van der Waals surface area contributed by atoms with Crippen molar-refractivity contribution in [2.24, 2.45) is 0 Å². The molecular weight excluding hydrogens is 244 g/mol. The maximum atomic E-state index is 2.71. The van der Waals surface area contributed by atoms with Crippen LogP contribution in [0.2, 0.25) is 0 Å². The Balaban J connectivity index is 2.13. The second-order valence-electron chi connectivity index (χ2n) is 6.28. The van der Waals surface area contributed by atoms with E-state index in [1.54, 1.807) is 11.1 Å². The largest absolute Gasteiger partial charge is 0.378 e. The van der Waals surface area contributed by atoms with Crippen molar-refractivity contribution >= 4 is 5.69 Å². The van der Waals surface area contributed by atoms with Gasteiger partial charge in [-0.15, -0.1) is 0 Å². The maximum Gasteiger partial charge on any atom is 0.0363 e. The Morgan fingerprint density at radius 1 is 1.05 bits per heavy atom. The number of nitrogens with zero attached hydrogens (tertiary/aromatic N) is 2. The summed E-state index contributed by atoms with van der Waals surface area (Å²) in [5, 5.41) is 0. The van der Waals surface area contributed by atoms with Crippen LogP contribution in [0.5, 0.6) is 0 Å². The molecule has 20 heavy (non-hydrogen) atoms. The maximum absolute atomic E-state index is 2.71. The minimum absolute atomic E-state index is 0.750. The third-order valence-corrected chi connectivity index (χ3v) is 4.45. The van der Waals surface area contributed by atoms with Crippen LogP contribution in [0.4, 0.5) is 5.69 Å². The Morgan fingerprint density at radius 3 is 2.35 bits per heavy atom. The van der Waals surface area contributed by atoms with Crippen LogP contribution >= 0.6 is 0 Å². The summed E-state index contributed by atoms with van der Waals surface area (Å²) in [6.45, 7) is 7.09. The van der Waals surface area contributed by atoms with Gasteiger partial charge in [0, 0.05) is 25.8 Å². The molecule has 0 amide bonds. The highest BCUT2D eigenvalue weighted by atomic mass is 15.1. The molecule has 0 fully saturated rings. The summed E-state index contributed by atoms with van der Waals surface area (Å²) in [6.07, 6.45) is 6.34. The van der Waals surface area contributed by atoms with E-state index in [1.165, 1.54) is 50.9 Å². The SMILES string of the molecule is CCCN(CCC)C1CCc2ccc(N(C)C)cc2C1. The Hall–Kier alpha value is -1.02. The fraction of sp³-hybridized carbons (Fsp3) is 0.667. The van der Waals surface area contributed by atoms with Crippen molar-refractivity contribution in [1.29, 1.82) is 0 Å². The Labute approximate surface area is 124 Å². The van der Waals surface area contributed by atoms with Gasteiger partial charge in [0.1, 0.15) is 0 Å². The molecule has 1 aromatic carbocycles. The first kappa shape index (κ1) is 15.4. The number of benzene rings is 1. The standard InChI is InChI=1S/C18H30N2/c1-5-11-20(12-6-2)18-10-8-15-7-9-17(19(3)4)13-16(15)14-18/h7,9,13,18H,5-6,8,10-12,14H2,1-4H3. The number of hydrogen-bond donors (Lipinski definition) is 0. The van der Waals surface area contributed by atoms with Crippen molar-refractivity contribution in [2.75, 3.05) is 32.1 Å². The lowest BCUT2D eigenvalue weighted by atomic mass is 9.87. The number of hydrogen-bond acceptors (Lipinski definition) is 2. The van der Waals surface area contributed by atoms with Crippen LogP contribution < -0.4 is 4.90 Å². The number of rotatable bonds is 6. The summed E-state index contributed by atoms with van der Waals surface area (Å²) in [4.78, 5) is 4.92. The molecule has 0 aromatic heterocycles. The topological polar surface area (TPSA) is 6.48 Å². The quantitative estimate of drug-likeness (QED) is 0.780. The summed E-state index contributed by atoms with van der Waals surface area (Å²) in [6, 6.07) is 7.75. The smallest absolute Gasteiger partial charge is 0.0363 e. The molecule has 1 atom stereocenters. The minimum Gasteiger partial charge on any atom is -0.378 e. The van der Waals surface area contributed by atoms with E-state index in [2.05, 4.69) is 55.9 Å². The zero-order valence-corrected chi connectivity index (χ0v) is 13.7. The number of anilines is 1. The molecule has 0 saturated heterocycles. The van der Waals surface area contributed by atoms with Gasteiger partial charge in [-0.2, -0.15) is 0 Å². The molecule has 1 aliphatic rings. The number of fused-ring (bicyclic) bond motifs is 1. The lowest BCUT2D eigenvalue weighted by Crippen LogP contribution is -2.40. The van der Waals surface area contributed by atoms with E-state index < -0.39 is 0 Å². The molecule has 1 aliphatic carbocycles. The molecule has 0 heterocycles. The third-order valence-electron chi connectivity index (χ3n) is 4.45. The second-order valence-corrected chi connectivity index (χ2v) is 6.28. The van der Waals surface area contributed by atoms with Crippen molar-refractivity contribution in [3.05, 3.63) is 29.3 Å². The molecule has 0 aliphatic heterocycles. The first-order valence-electron chi connectivity index (χ1n) is 8.18. The lowest BCUT2D eigenvalue weighted by Gasteiger charge is -2.35. The molecule has 0 saturated carbocycles. The molecule has 1 unspecified atom stereocenters. The molecule has 112 valence electrons. The van der Waals surface area contributed by atoms with Crippen molar-refractivity contribution in [2.45, 2.75) is 52.0 Å². The monoisotopic (exact) mass is 274 g/mol. The zero-order chi connectivity index (χ0) is 14.5. The third kappa shape index (κ3) is 3.54. The van der Waals surface area contributed by atoms with Gasteiger partial charge < -0.3 is 9.80 Å². The minimum atomic E-state index is 0.750. The summed E-state index contributed by atoms with van der Waals surface area (Å²) in [5.41, 5.74) is 4.48. The highest BCUT2D eigenvalue weighted by Gasteiger charge is 2.23. The van der Waals surface area contributed by atoms with E-state index in [0.717, 1.165) is 6.04 Å². The Bertz CT molecular complexity index is 419. The van der Waals surface area contributed by atoms with Crippen molar-refractivity contribution in [1.82, 2.24) is 4.90 Å². The highest BCUT2D eigenvalue weighted by Crippen LogP contribution is 2.28. The van der Waals surface area contributed by atoms with Crippen LogP contribution in [0.3, 0.4) is 0 Å². The van der Waals surface area contributed by atoms with E-state index >= 15 is 0 Å². The van der Waals surface area contributed by atoms with Gasteiger partial charge in [-0.25, -0.2) is 0 Å². The average molecular weight is 274 g/mol. The van der Waals surface area contributed by atoms with Gasteiger partial charge in [-0.1, -0.05) is 19.9 Å². The lowest BCUT2D eigenvalue weighted by molar-refractivity contribution is 0.180.